The predicted molar refractivity (Wildman–Crippen MR) is 99.5 cm³/mol. The summed E-state index contributed by atoms with van der Waals surface area (Å²) in [6, 6.07) is 16.7. The number of likely N-dealkylation sites (tertiary alicyclic amines) is 1. The zero-order valence-corrected chi connectivity index (χ0v) is 14.4. The van der Waals surface area contributed by atoms with E-state index in [0.717, 1.165) is 42.9 Å². The highest BCUT2D eigenvalue weighted by atomic mass is 16.5. The van der Waals surface area contributed by atoms with E-state index in [9.17, 15) is 4.79 Å². The number of benzene rings is 2. The average Bonchev–Trinajstić information content (AvgIpc) is 3.20. The van der Waals surface area contributed by atoms with E-state index in [-0.39, 0.29) is 5.91 Å². The molecule has 0 bridgehead atoms. The maximum absolute atomic E-state index is 12.8. The van der Waals surface area contributed by atoms with Crippen LogP contribution in [0, 0.1) is 11.8 Å². The van der Waals surface area contributed by atoms with Gasteiger partial charge in [0.25, 0.3) is 5.91 Å². The first kappa shape index (κ1) is 16.9. The molecule has 2 aromatic carbocycles. The summed E-state index contributed by atoms with van der Waals surface area (Å²) in [6.07, 6.45) is 2.13. The van der Waals surface area contributed by atoms with Crippen molar-refractivity contribution in [2.24, 2.45) is 0 Å². The summed E-state index contributed by atoms with van der Waals surface area (Å²) >= 11 is 0. The fourth-order valence-corrected chi connectivity index (χ4v) is 2.81. The molecular formula is C21H22N2O2. The van der Waals surface area contributed by atoms with Crippen LogP contribution in [0.25, 0.3) is 0 Å². The summed E-state index contributed by atoms with van der Waals surface area (Å²) in [5.74, 6) is 7.03. The molecule has 1 aliphatic rings. The lowest BCUT2D eigenvalue weighted by atomic mass is 10.2. The van der Waals surface area contributed by atoms with Gasteiger partial charge in [-0.3, -0.25) is 4.79 Å². The minimum Gasteiger partial charge on any atom is -0.497 e. The van der Waals surface area contributed by atoms with Crippen LogP contribution in [0.4, 0.5) is 5.69 Å². The van der Waals surface area contributed by atoms with Crippen molar-refractivity contribution < 1.29 is 9.53 Å². The van der Waals surface area contributed by atoms with Crippen molar-refractivity contribution in [3.05, 3.63) is 60.2 Å². The molecule has 4 nitrogen and oxygen atoms in total. The molecule has 0 unspecified atom stereocenters. The largest absolute Gasteiger partial charge is 0.497 e. The summed E-state index contributed by atoms with van der Waals surface area (Å²) in [6.45, 7) is 1.62. The first-order valence-electron chi connectivity index (χ1n) is 8.52. The van der Waals surface area contributed by atoms with Gasteiger partial charge in [0, 0.05) is 24.3 Å². The topological polar surface area (TPSA) is 41.6 Å². The predicted octanol–water partition coefficient (Wildman–Crippen LogP) is 3.15. The Morgan fingerprint density at radius 3 is 2.40 bits per heavy atom. The molecule has 4 heteroatoms. The summed E-state index contributed by atoms with van der Waals surface area (Å²) in [5, 5.41) is 3.26. The Morgan fingerprint density at radius 1 is 1.08 bits per heavy atom. The number of hydrogen-bond acceptors (Lipinski definition) is 3. The van der Waals surface area contributed by atoms with Crippen LogP contribution in [0.15, 0.2) is 54.6 Å². The Hall–Kier alpha value is -2.93. The van der Waals surface area contributed by atoms with Gasteiger partial charge in [-0.05, 0) is 49.2 Å². The van der Waals surface area contributed by atoms with Gasteiger partial charge < -0.3 is 15.0 Å². The van der Waals surface area contributed by atoms with Crippen LogP contribution in [-0.2, 0) is 4.79 Å². The molecule has 2 aromatic rings. The van der Waals surface area contributed by atoms with Crippen LogP contribution in [0.2, 0.25) is 0 Å². The van der Waals surface area contributed by atoms with Crippen LogP contribution in [0.1, 0.15) is 18.4 Å². The zero-order chi connectivity index (χ0) is 17.5. The van der Waals surface area contributed by atoms with Gasteiger partial charge in [0.15, 0.2) is 6.04 Å². The molecule has 128 valence electrons. The third-order valence-corrected chi connectivity index (χ3v) is 4.20. The van der Waals surface area contributed by atoms with Crippen LogP contribution >= 0.6 is 0 Å². The number of methoxy groups -OCH3 is 1. The van der Waals surface area contributed by atoms with E-state index in [1.54, 1.807) is 7.11 Å². The summed E-state index contributed by atoms with van der Waals surface area (Å²) < 4.78 is 5.18. The van der Waals surface area contributed by atoms with Gasteiger partial charge in [-0.1, -0.05) is 30.0 Å². The van der Waals surface area contributed by atoms with E-state index >= 15 is 0 Å². The van der Waals surface area contributed by atoms with E-state index in [0.29, 0.717) is 0 Å². The Bertz CT molecular complexity index is 754. The third kappa shape index (κ3) is 4.54. The summed E-state index contributed by atoms with van der Waals surface area (Å²) in [7, 11) is 1.63. The maximum Gasteiger partial charge on any atom is 0.257 e. The summed E-state index contributed by atoms with van der Waals surface area (Å²) in [4.78, 5) is 14.7. The van der Waals surface area contributed by atoms with Gasteiger partial charge in [0.2, 0.25) is 0 Å². The van der Waals surface area contributed by atoms with E-state index in [4.69, 9.17) is 4.74 Å². The van der Waals surface area contributed by atoms with Crippen molar-refractivity contribution in [2.75, 3.05) is 25.5 Å². The van der Waals surface area contributed by atoms with Crippen LogP contribution in [-0.4, -0.2) is 37.0 Å². The molecule has 0 spiro atoms. The first-order chi connectivity index (χ1) is 12.3. The molecule has 1 amide bonds. The highest BCUT2D eigenvalue weighted by Gasteiger charge is 2.25. The number of amides is 1. The molecule has 1 heterocycles. The number of anilines is 1. The molecule has 0 aliphatic carbocycles. The number of nitrogens with zero attached hydrogens (tertiary/aromatic N) is 1. The number of carbonyl (C=O) groups is 1. The lowest BCUT2D eigenvalue weighted by Crippen LogP contribution is -2.40. The molecular weight excluding hydrogens is 312 g/mol. The molecule has 25 heavy (non-hydrogen) atoms. The Kier molecular flexibility index (Phi) is 5.58. The van der Waals surface area contributed by atoms with E-state index < -0.39 is 6.04 Å². The maximum atomic E-state index is 12.8. The first-order valence-corrected chi connectivity index (χ1v) is 8.52. The Labute approximate surface area is 148 Å². The quantitative estimate of drug-likeness (QED) is 0.874. The number of nitrogens with one attached hydrogen (secondary N) is 1. The average molecular weight is 334 g/mol. The van der Waals surface area contributed by atoms with E-state index in [2.05, 4.69) is 17.2 Å². The second kappa shape index (κ2) is 8.25. The molecule has 1 N–H and O–H groups in total. The molecule has 3 rings (SSSR count). The number of hydrogen-bond donors (Lipinski definition) is 1. The smallest absolute Gasteiger partial charge is 0.257 e. The standard InChI is InChI=1S/C21H22N2O2/c1-25-19-12-10-18(11-13-19)22-20(21(24)23-15-5-6-16-23)14-9-17-7-3-2-4-8-17/h2-4,7-8,10-13,20,22H,5-6,15-16H2,1H3/t20-/m1/s1. The van der Waals surface area contributed by atoms with E-state index in [1.165, 1.54) is 0 Å². The Balaban J connectivity index is 1.80. The SMILES string of the molecule is COc1ccc(N[C@H](C#Cc2ccccc2)C(=O)N2CCCC2)cc1. The van der Waals surface area contributed by atoms with Gasteiger partial charge in [-0.2, -0.15) is 0 Å². The fraction of sp³-hybridized carbons (Fsp3) is 0.286. The van der Waals surface area contributed by atoms with Crippen LogP contribution in [0.3, 0.4) is 0 Å². The highest BCUT2D eigenvalue weighted by Crippen LogP contribution is 2.17. The van der Waals surface area contributed by atoms with Crippen molar-refractivity contribution in [1.82, 2.24) is 4.90 Å². The van der Waals surface area contributed by atoms with Gasteiger partial charge >= 0.3 is 0 Å². The number of ether oxygens (including phenoxy) is 1. The third-order valence-electron chi connectivity index (χ3n) is 4.20. The minimum absolute atomic E-state index is 0.0387. The summed E-state index contributed by atoms with van der Waals surface area (Å²) in [5.41, 5.74) is 1.75. The van der Waals surface area contributed by atoms with Crippen LogP contribution in [0.5, 0.6) is 5.75 Å². The van der Waals surface area contributed by atoms with Gasteiger partial charge in [-0.15, -0.1) is 0 Å². The zero-order valence-electron chi connectivity index (χ0n) is 14.4. The molecule has 1 fully saturated rings. The minimum atomic E-state index is -0.563. The fourth-order valence-electron chi connectivity index (χ4n) is 2.81. The second-order valence-corrected chi connectivity index (χ2v) is 5.97. The van der Waals surface area contributed by atoms with E-state index in [1.807, 2.05) is 59.5 Å². The lowest BCUT2D eigenvalue weighted by Gasteiger charge is -2.21. The van der Waals surface area contributed by atoms with Crippen molar-refractivity contribution in [2.45, 2.75) is 18.9 Å². The van der Waals surface area contributed by atoms with Crippen molar-refractivity contribution in [3.8, 4) is 17.6 Å². The normalized spacial score (nSPS) is 14.4. The Morgan fingerprint density at radius 2 is 1.76 bits per heavy atom. The molecule has 1 atom stereocenters. The number of carbonyl (C=O) groups excluding carboxylic acids is 1. The van der Waals surface area contributed by atoms with Gasteiger partial charge in [-0.25, -0.2) is 0 Å². The molecule has 0 saturated carbocycles. The van der Waals surface area contributed by atoms with Crippen molar-refractivity contribution in [3.63, 3.8) is 0 Å². The molecule has 0 radical (unpaired) electrons. The second-order valence-electron chi connectivity index (χ2n) is 5.97. The molecule has 1 saturated heterocycles. The lowest BCUT2D eigenvalue weighted by molar-refractivity contribution is -0.129. The molecule has 1 aliphatic heterocycles. The molecule has 0 aromatic heterocycles. The monoisotopic (exact) mass is 334 g/mol. The van der Waals surface area contributed by atoms with Crippen molar-refractivity contribution >= 4 is 11.6 Å². The van der Waals surface area contributed by atoms with Crippen molar-refractivity contribution in [1.29, 1.82) is 0 Å². The highest BCUT2D eigenvalue weighted by molar-refractivity contribution is 5.88. The number of rotatable bonds is 4. The van der Waals surface area contributed by atoms with Gasteiger partial charge in [0.05, 0.1) is 7.11 Å². The van der Waals surface area contributed by atoms with Crippen LogP contribution < -0.4 is 10.1 Å². The van der Waals surface area contributed by atoms with Gasteiger partial charge in [0.1, 0.15) is 5.75 Å².